The number of ketones is 1. The largest absolute Gasteiger partial charge is 0.375 e. The number of carbonyl (C=O) groups excluding carboxylic acids is 1. The molecule has 1 aliphatic rings. The van der Waals surface area contributed by atoms with Crippen molar-refractivity contribution in [1.29, 1.82) is 0 Å². The number of hydrogen-bond acceptors (Lipinski definition) is 4. The molecule has 96 valence electrons. The van der Waals surface area contributed by atoms with Crippen LogP contribution in [0.5, 0.6) is 0 Å². The minimum absolute atomic E-state index is 0.0539. The van der Waals surface area contributed by atoms with Gasteiger partial charge >= 0.3 is 10.1 Å². The molecule has 0 aliphatic heterocycles. The molecule has 0 aromatic heterocycles. The molecule has 0 heterocycles. The number of rotatable bonds is 3. The van der Waals surface area contributed by atoms with Crippen molar-refractivity contribution >= 4 is 15.9 Å². The Labute approximate surface area is 106 Å². The maximum Gasteiger partial charge on any atom is 0.339 e. The number of Topliss-reactive ketones (excluding diaryl/α,β-unsaturated/α-hetero) is 1. The molecule has 5 heteroatoms. The van der Waals surface area contributed by atoms with Crippen LogP contribution in [0.3, 0.4) is 0 Å². The van der Waals surface area contributed by atoms with Gasteiger partial charge in [0.25, 0.3) is 0 Å². The van der Waals surface area contributed by atoms with Gasteiger partial charge in [-0.25, -0.2) is 0 Å². The smallest absolute Gasteiger partial charge is 0.339 e. The first-order valence-electron chi connectivity index (χ1n) is 5.73. The average Bonchev–Trinajstić information content (AvgIpc) is 2.32. The van der Waals surface area contributed by atoms with Gasteiger partial charge in [-0.2, -0.15) is 8.42 Å². The van der Waals surface area contributed by atoms with Crippen LogP contribution in [0.4, 0.5) is 0 Å². The van der Waals surface area contributed by atoms with E-state index in [0.29, 0.717) is 12.8 Å². The lowest BCUT2D eigenvalue weighted by atomic mass is 10.1. The number of carbonyl (C=O) groups is 1. The van der Waals surface area contributed by atoms with Crippen molar-refractivity contribution < 1.29 is 17.4 Å². The third-order valence-electron chi connectivity index (χ3n) is 2.72. The minimum Gasteiger partial charge on any atom is -0.375 e. The van der Waals surface area contributed by atoms with E-state index in [2.05, 4.69) is 0 Å². The van der Waals surface area contributed by atoms with E-state index >= 15 is 0 Å². The molecule has 0 saturated carbocycles. The zero-order valence-corrected chi connectivity index (χ0v) is 10.9. The van der Waals surface area contributed by atoms with Crippen molar-refractivity contribution in [2.24, 2.45) is 0 Å². The van der Waals surface area contributed by atoms with E-state index in [4.69, 9.17) is 4.18 Å². The molecule has 0 amide bonds. The number of hydrogen-bond donors (Lipinski definition) is 0. The second-order valence-corrected chi connectivity index (χ2v) is 5.78. The van der Waals surface area contributed by atoms with Gasteiger partial charge in [0.05, 0.1) is 0 Å². The van der Waals surface area contributed by atoms with Gasteiger partial charge in [0, 0.05) is 6.42 Å². The van der Waals surface area contributed by atoms with Crippen molar-refractivity contribution in [3.05, 3.63) is 41.7 Å². The summed E-state index contributed by atoms with van der Waals surface area (Å²) in [5.41, 5.74) is 0.960. The minimum atomic E-state index is -3.90. The molecule has 4 nitrogen and oxygen atoms in total. The number of benzene rings is 1. The fraction of sp³-hybridized carbons (Fsp3) is 0.308. The Hall–Kier alpha value is -1.62. The summed E-state index contributed by atoms with van der Waals surface area (Å²) in [7, 11) is -3.90. The van der Waals surface area contributed by atoms with Crippen LogP contribution in [0.15, 0.2) is 41.0 Å². The number of allylic oxidation sites excluding steroid dienone is 2. The highest BCUT2D eigenvalue weighted by Gasteiger charge is 2.23. The predicted molar refractivity (Wildman–Crippen MR) is 66.4 cm³/mol. The summed E-state index contributed by atoms with van der Waals surface area (Å²) in [6.45, 7) is 1.87. The molecule has 1 aliphatic carbocycles. The molecule has 2 rings (SSSR count). The molecule has 18 heavy (non-hydrogen) atoms. The first-order valence-corrected chi connectivity index (χ1v) is 7.14. The van der Waals surface area contributed by atoms with Crippen LogP contribution in [0.2, 0.25) is 0 Å². The highest BCUT2D eigenvalue weighted by molar-refractivity contribution is 7.86. The van der Waals surface area contributed by atoms with Crippen molar-refractivity contribution in [3.63, 3.8) is 0 Å². The summed E-state index contributed by atoms with van der Waals surface area (Å²) in [6, 6.07) is 6.32. The summed E-state index contributed by atoms with van der Waals surface area (Å²) in [5, 5.41) is 0. The first kappa shape index (κ1) is 12.8. The molecule has 0 N–H and O–H groups in total. The Morgan fingerprint density at radius 3 is 2.44 bits per heavy atom. The lowest BCUT2D eigenvalue weighted by Crippen LogP contribution is -2.15. The van der Waals surface area contributed by atoms with Gasteiger partial charge in [-0.15, -0.1) is 0 Å². The molecule has 1 aromatic rings. The monoisotopic (exact) mass is 266 g/mol. The van der Waals surface area contributed by atoms with Crippen molar-refractivity contribution in [1.82, 2.24) is 0 Å². The maximum absolute atomic E-state index is 11.9. The molecule has 0 radical (unpaired) electrons. The SMILES string of the molecule is Cc1ccc(S(=O)(=O)OC2=CCCCC2=O)cc1. The van der Waals surface area contributed by atoms with E-state index in [0.717, 1.165) is 12.0 Å². The molecular weight excluding hydrogens is 252 g/mol. The summed E-state index contributed by atoms with van der Waals surface area (Å²) in [4.78, 5) is 11.6. The van der Waals surface area contributed by atoms with Gasteiger partial charge in [0.1, 0.15) is 4.90 Å². The molecule has 0 bridgehead atoms. The quantitative estimate of drug-likeness (QED) is 0.788. The van der Waals surface area contributed by atoms with E-state index in [1.165, 1.54) is 18.2 Å². The second-order valence-electron chi connectivity index (χ2n) is 4.23. The maximum atomic E-state index is 11.9. The lowest BCUT2D eigenvalue weighted by Gasteiger charge is -2.13. The molecule has 0 atom stereocenters. The van der Waals surface area contributed by atoms with Crippen LogP contribution in [-0.4, -0.2) is 14.2 Å². The Balaban J connectivity index is 2.24. The Morgan fingerprint density at radius 1 is 1.17 bits per heavy atom. The molecule has 0 spiro atoms. The van der Waals surface area contributed by atoms with E-state index in [-0.39, 0.29) is 16.4 Å². The van der Waals surface area contributed by atoms with Crippen LogP contribution in [0.25, 0.3) is 0 Å². The zero-order valence-electron chi connectivity index (χ0n) is 10.0. The third-order valence-corrected chi connectivity index (χ3v) is 3.97. The second kappa shape index (κ2) is 4.94. The van der Waals surface area contributed by atoms with Gasteiger partial charge in [-0.05, 0) is 38.0 Å². The normalized spacial score (nSPS) is 16.3. The standard InChI is InChI=1S/C13H14O4S/c1-10-6-8-11(9-7-10)18(15,16)17-13-5-3-2-4-12(13)14/h5-9H,2-4H2,1H3. The van der Waals surface area contributed by atoms with Crippen molar-refractivity contribution in [2.75, 3.05) is 0 Å². The van der Waals surface area contributed by atoms with Crippen LogP contribution >= 0.6 is 0 Å². The summed E-state index contributed by atoms with van der Waals surface area (Å²) in [5.74, 6) is -0.307. The molecule has 0 fully saturated rings. The fourth-order valence-corrected chi connectivity index (χ4v) is 2.65. The van der Waals surface area contributed by atoms with Crippen LogP contribution < -0.4 is 0 Å². The van der Waals surface area contributed by atoms with Gasteiger partial charge < -0.3 is 4.18 Å². The predicted octanol–water partition coefficient (Wildman–Crippen LogP) is 2.34. The van der Waals surface area contributed by atoms with E-state index < -0.39 is 10.1 Å². The summed E-state index contributed by atoms with van der Waals surface area (Å²) >= 11 is 0. The Bertz CT molecular complexity index is 582. The van der Waals surface area contributed by atoms with Gasteiger partial charge in [0.15, 0.2) is 11.5 Å². The van der Waals surface area contributed by atoms with E-state index in [1.807, 2.05) is 6.92 Å². The van der Waals surface area contributed by atoms with Crippen LogP contribution in [0.1, 0.15) is 24.8 Å². The number of aryl methyl sites for hydroxylation is 1. The van der Waals surface area contributed by atoms with Crippen molar-refractivity contribution in [2.45, 2.75) is 31.1 Å². The van der Waals surface area contributed by atoms with Gasteiger partial charge in [0.2, 0.25) is 0 Å². The van der Waals surface area contributed by atoms with E-state index in [9.17, 15) is 13.2 Å². The third kappa shape index (κ3) is 2.79. The van der Waals surface area contributed by atoms with Crippen LogP contribution in [-0.2, 0) is 19.1 Å². The zero-order chi connectivity index (χ0) is 13.2. The van der Waals surface area contributed by atoms with Gasteiger partial charge in [-0.1, -0.05) is 17.7 Å². The van der Waals surface area contributed by atoms with Crippen LogP contribution in [0, 0.1) is 6.92 Å². The Morgan fingerprint density at radius 2 is 1.83 bits per heavy atom. The lowest BCUT2D eigenvalue weighted by molar-refractivity contribution is -0.118. The molecule has 1 aromatic carbocycles. The molecule has 0 saturated heterocycles. The highest BCUT2D eigenvalue weighted by atomic mass is 32.2. The molecule has 0 unspecified atom stereocenters. The van der Waals surface area contributed by atoms with E-state index in [1.54, 1.807) is 12.1 Å². The highest BCUT2D eigenvalue weighted by Crippen LogP contribution is 2.21. The topological polar surface area (TPSA) is 60.4 Å². The fourth-order valence-electron chi connectivity index (χ4n) is 1.68. The molecular formula is C13H14O4S. The summed E-state index contributed by atoms with van der Waals surface area (Å²) in [6.07, 6.45) is 3.30. The Kier molecular flexibility index (Phi) is 3.52. The summed E-state index contributed by atoms with van der Waals surface area (Å²) < 4.78 is 28.8. The first-order chi connectivity index (χ1) is 8.49. The average molecular weight is 266 g/mol. The van der Waals surface area contributed by atoms with Crippen molar-refractivity contribution in [3.8, 4) is 0 Å². The van der Waals surface area contributed by atoms with Gasteiger partial charge in [-0.3, -0.25) is 4.79 Å².